The van der Waals surface area contributed by atoms with Crippen LogP contribution in [0.1, 0.15) is 325 Å². The first kappa shape index (κ1) is 61.6. The summed E-state index contributed by atoms with van der Waals surface area (Å²) in [5, 5.41) is 0. The monoisotopic (exact) mass is 941 g/mol. The van der Waals surface area contributed by atoms with Crippen molar-refractivity contribution in [2.75, 3.05) is 13.2 Å². The van der Waals surface area contributed by atoms with E-state index in [1.54, 1.807) is 0 Å². The van der Waals surface area contributed by atoms with Crippen molar-refractivity contribution in [3.05, 3.63) is 0 Å². The fourth-order valence-corrected chi connectivity index (χ4v) is 19.5. The van der Waals surface area contributed by atoms with Gasteiger partial charge in [-0.2, -0.15) is 0 Å². The summed E-state index contributed by atoms with van der Waals surface area (Å²) in [6.07, 6.45) is 57.8. The molecule has 0 aromatic rings. The second-order valence-electron chi connectivity index (χ2n) is 21.9. The van der Waals surface area contributed by atoms with E-state index in [0.717, 1.165) is 43.4 Å². The molecule has 0 aliphatic carbocycles. The minimum Gasteiger partial charge on any atom is -0.0628 e. The van der Waals surface area contributed by atoms with Gasteiger partial charge in [0.15, 0.2) is 0 Å². The van der Waals surface area contributed by atoms with Crippen molar-refractivity contribution in [3.63, 3.8) is 0 Å². The van der Waals surface area contributed by atoms with Crippen molar-refractivity contribution in [2.45, 2.75) is 333 Å². The predicted molar refractivity (Wildman–Crippen MR) is 271 cm³/mol. The third kappa shape index (κ3) is 45.5. The molecule has 0 radical (unpaired) electrons. The van der Waals surface area contributed by atoms with Crippen LogP contribution in [-0.2, 0) is 28.1 Å². The molecule has 0 saturated heterocycles. The van der Waals surface area contributed by atoms with Gasteiger partial charge >= 0.3 is 268 Å². The van der Waals surface area contributed by atoms with Crippen molar-refractivity contribution in [2.24, 2.45) is 17.8 Å². The van der Waals surface area contributed by atoms with Gasteiger partial charge in [0.1, 0.15) is 0 Å². The summed E-state index contributed by atoms with van der Waals surface area (Å²) < 4.78 is 30.0. The molecule has 0 N–H and O–H groups in total. The van der Waals surface area contributed by atoms with Crippen LogP contribution in [0.25, 0.3) is 0 Å². The fraction of sp³-hybridized carbons (Fsp3) is 1.00. The molecular weight excluding hydrogens is 824 g/mol. The Balaban J connectivity index is 4.56. The number of hydrogen-bond acceptors (Lipinski definition) is 3. The third-order valence-corrected chi connectivity index (χ3v) is 24.5. The molecule has 0 aliphatic heterocycles. The first-order valence-corrected chi connectivity index (χ1v) is 35.3. The van der Waals surface area contributed by atoms with Crippen LogP contribution in [0.15, 0.2) is 0 Å². The van der Waals surface area contributed by atoms with E-state index in [4.69, 9.17) is 5.63 Å². The SMILES string of the molecule is CCC[O][Zr](=[O])([CH2]CCCCCCCCCCCCCCC(C)C)([CH2]CCCCCCCCCCCCCCC(C)C)[O]CCCCCCCCCCCCCCCC(C)C. The van der Waals surface area contributed by atoms with Crippen molar-refractivity contribution in [1.29, 1.82) is 0 Å². The molecule has 0 unspecified atom stereocenters. The number of hydrogen-bond donors (Lipinski definition) is 0. The zero-order chi connectivity index (χ0) is 44.8. The van der Waals surface area contributed by atoms with E-state index in [-0.39, 0.29) is 0 Å². The second-order valence-corrected chi connectivity index (χ2v) is 32.5. The van der Waals surface area contributed by atoms with Crippen LogP contribution < -0.4 is 0 Å². The van der Waals surface area contributed by atoms with Crippen LogP contribution in [-0.4, -0.2) is 13.2 Å². The van der Waals surface area contributed by atoms with Crippen molar-refractivity contribution in [1.82, 2.24) is 0 Å². The Bertz CT molecular complexity index is 870. The molecule has 0 fully saturated rings. The van der Waals surface area contributed by atoms with Gasteiger partial charge in [0.25, 0.3) is 0 Å². The molecule has 0 aromatic heterocycles. The molecule has 0 aliphatic rings. The summed E-state index contributed by atoms with van der Waals surface area (Å²) in [6.45, 7) is 17.5. The Morgan fingerprint density at radius 1 is 0.279 bits per heavy atom. The normalized spacial score (nSPS) is 12.6. The van der Waals surface area contributed by atoms with Crippen LogP contribution in [0.5, 0.6) is 0 Å². The molecular formula is C57H118O3Zr. The van der Waals surface area contributed by atoms with Crippen LogP contribution >= 0.6 is 0 Å². The molecule has 0 saturated carbocycles. The van der Waals surface area contributed by atoms with Gasteiger partial charge in [0.2, 0.25) is 0 Å². The average Bonchev–Trinajstić information content (AvgIpc) is 3.22. The van der Waals surface area contributed by atoms with Gasteiger partial charge < -0.3 is 0 Å². The molecule has 0 amide bonds. The van der Waals surface area contributed by atoms with E-state index in [0.29, 0.717) is 21.5 Å². The molecule has 0 rings (SSSR count). The Morgan fingerprint density at radius 3 is 0.705 bits per heavy atom. The Morgan fingerprint density at radius 2 is 0.475 bits per heavy atom. The number of unbranched alkanes of at least 4 members (excludes halogenated alkanes) is 36. The molecule has 0 aromatic carbocycles. The van der Waals surface area contributed by atoms with Gasteiger partial charge in [-0.1, -0.05) is 106 Å². The fourth-order valence-electron chi connectivity index (χ4n) is 9.61. The Hall–Kier alpha value is 0.603. The molecule has 3 nitrogen and oxygen atoms in total. The summed E-state index contributed by atoms with van der Waals surface area (Å²) in [6, 6.07) is 0. The van der Waals surface area contributed by atoms with E-state index in [2.05, 4.69) is 48.5 Å². The van der Waals surface area contributed by atoms with Crippen LogP contribution in [0.2, 0.25) is 8.26 Å². The van der Waals surface area contributed by atoms with Gasteiger partial charge in [-0.05, 0) is 17.8 Å². The molecule has 0 spiro atoms. The Kier molecular flexibility index (Phi) is 46.2. The Labute approximate surface area is 389 Å². The third-order valence-electron chi connectivity index (χ3n) is 13.9. The smallest absolute Gasteiger partial charge is 0.0628 e. The van der Waals surface area contributed by atoms with Crippen molar-refractivity contribution in [3.8, 4) is 0 Å². The average molecular weight is 943 g/mol. The summed E-state index contributed by atoms with van der Waals surface area (Å²) in [7, 11) is 0. The van der Waals surface area contributed by atoms with E-state index < -0.39 is 19.7 Å². The van der Waals surface area contributed by atoms with Gasteiger partial charge in [-0.25, -0.2) is 0 Å². The van der Waals surface area contributed by atoms with Crippen molar-refractivity contribution >= 4 is 0 Å². The zero-order valence-corrected chi connectivity index (χ0v) is 46.1. The standard InChI is InChI=1S/C18H37O.2C18H37.C3H7O.O.Zr/c1-18(2)16-14-12-10-8-6-4-3-5-7-9-11-13-15-17-19;2*1-4-5-6-7-8-9-10-11-12-13-14-15-16-17-18(2)3;1-2-3-4;;/h18H,3-17H2,1-2H3;2*18H,1,4-17H2,2-3H3;2-3H2,1H3;;/q-1;;;-1;;+2. The van der Waals surface area contributed by atoms with E-state index >= 15 is 2.81 Å². The first-order chi connectivity index (χ1) is 29.6. The van der Waals surface area contributed by atoms with E-state index in [9.17, 15) is 0 Å². The van der Waals surface area contributed by atoms with Gasteiger partial charge in [0.05, 0.1) is 0 Å². The topological polar surface area (TPSA) is 35.5 Å². The minimum absolute atomic E-state index is 0.600. The van der Waals surface area contributed by atoms with E-state index in [1.807, 2.05) is 0 Å². The first-order valence-electron chi connectivity index (χ1n) is 28.8. The summed E-state index contributed by atoms with van der Waals surface area (Å²) in [4.78, 5) is 0. The number of rotatable bonds is 52. The van der Waals surface area contributed by atoms with Crippen LogP contribution in [0, 0.1) is 17.8 Å². The maximum absolute atomic E-state index is 15.3. The molecule has 0 bridgehead atoms. The minimum atomic E-state index is -5.00. The van der Waals surface area contributed by atoms with Gasteiger partial charge in [-0.3, -0.25) is 0 Å². The second kappa shape index (κ2) is 45.7. The van der Waals surface area contributed by atoms with Crippen LogP contribution in [0.3, 0.4) is 0 Å². The summed E-state index contributed by atoms with van der Waals surface area (Å²) >= 11 is -5.00. The zero-order valence-electron chi connectivity index (χ0n) is 43.7. The predicted octanol–water partition coefficient (Wildman–Crippen LogP) is 21.5. The molecule has 0 heterocycles. The molecule has 4 heteroatoms. The maximum atomic E-state index is 15.3. The molecule has 368 valence electrons. The summed E-state index contributed by atoms with van der Waals surface area (Å²) in [5.41, 5.74) is 0. The van der Waals surface area contributed by atoms with Gasteiger partial charge in [-0.15, -0.1) is 0 Å². The van der Waals surface area contributed by atoms with Crippen LogP contribution in [0.4, 0.5) is 0 Å². The molecule has 0 atom stereocenters. The quantitative estimate of drug-likeness (QED) is 0.0570. The van der Waals surface area contributed by atoms with E-state index in [1.165, 1.54) is 250 Å². The van der Waals surface area contributed by atoms with Crippen molar-refractivity contribution < 1.29 is 28.1 Å². The molecule has 61 heavy (non-hydrogen) atoms. The van der Waals surface area contributed by atoms with Gasteiger partial charge in [0, 0.05) is 0 Å². The summed E-state index contributed by atoms with van der Waals surface area (Å²) in [5.74, 6) is 2.59.